The molecule has 0 bridgehead atoms. The lowest BCUT2D eigenvalue weighted by atomic mass is 9.91. The number of piperidine rings is 1. The van der Waals surface area contributed by atoms with Crippen molar-refractivity contribution >= 4 is 17.7 Å². The van der Waals surface area contributed by atoms with E-state index in [4.69, 9.17) is 5.11 Å². The van der Waals surface area contributed by atoms with Crippen LogP contribution in [0.3, 0.4) is 0 Å². The minimum atomic E-state index is -0.851. The molecule has 0 aromatic carbocycles. The van der Waals surface area contributed by atoms with Crippen molar-refractivity contribution in [2.24, 2.45) is 17.8 Å². The molecule has 0 aliphatic carbocycles. The Balaban J connectivity index is 1.96. The smallest absolute Gasteiger partial charge is 0.321 e. The summed E-state index contributed by atoms with van der Waals surface area (Å²) in [6.07, 6.45) is 4.57. The molecule has 0 saturated carbocycles. The second kappa shape index (κ2) is 7.39. The third kappa shape index (κ3) is 4.91. The normalized spacial score (nSPS) is 21.3. The molecule has 2 unspecified atom stereocenters. The van der Waals surface area contributed by atoms with Crippen LogP contribution in [0, 0.1) is 17.8 Å². The average molecular weight is 320 g/mol. The van der Waals surface area contributed by atoms with Gasteiger partial charge in [0.15, 0.2) is 0 Å². The van der Waals surface area contributed by atoms with E-state index in [0.29, 0.717) is 24.6 Å². The fourth-order valence-corrected chi connectivity index (χ4v) is 2.79. The Hall–Kier alpha value is -2.18. The fraction of sp³-hybridized carbons (Fsp3) is 0.625. The SMILES string of the molecule is CC(C)Cc1ncc(NC(=O)N2CC(C)CC(C(=O)O)C2)cn1. The summed E-state index contributed by atoms with van der Waals surface area (Å²) in [5.74, 6) is 0.0268. The summed E-state index contributed by atoms with van der Waals surface area (Å²) in [7, 11) is 0. The van der Waals surface area contributed by atoms with Gasteiger partial charge in [-0.05, 0) is 18.3 Å². The van der Waals surface area contributed by atoms with Crippen LogP contribution in [0.4, 0.5) is 10.5 Å². The number of nitrogens with one attached hydrogen (secondary N) is 1. The standard InChI is InChI=1S/C16H24N4O3/c1-10(2)4-14-17-6-13(7-18-14)19-16(23)20-8-11(3)5-12(9-20)15(21)22/h6-7,10-12H,4-5,8-9H2,1-3H3,(H,19,23)(H,21,22). The Morgan fingerprint density at radius 1 is 1.35 bits per heavy atom. The number of hydrogen-bond acceptors (Lipinski definition) is 4. The van der Waals surface area contributed by atoms with E-state index in [0.717, 1.165) is 12.2 Å². The van der Waals surface area contributed by atoms with Gasteiger partial charge in [0.1, 0.15) is 5.82 Å². The van der Waals surface area contributed by atoms with Crippen molar-refractivity contribution < 1.29 is 14.7 Å². The highest BCUT2D eigenvalue weighted by molar-refractivity contribution is 5.89. The lowest BCUT2D eigenvalue weighted by Crippen LogP contribution is -2.47. The molecule has 1 aromatic heterocycles. The molecule has 1 fully saturated rings. The number of hydrogen-bond donors (Lipinski definition) is 2. The van der Waals surface area contributed by atoms with Gasteiger partial charge in [-0.25, -0.2) is 14.8 Å². The van der Waals surface area contributed by atoms with Gasteiger partial charge in [-0.3, -0.25) is 4.79 Å². The van der Waals surface area contributed by atoms with E-state index < -0.39 is 11.9 Å². The van der Waals surface area contributed by atoms with Gasteiger partial charge in [-0.1, -0.05) is 20.8 Å². The third-order valence-corrected chi connectivity index (χ3v) is 3.84. The lowest BCUT2D eigenvalue weighted by molar-refractivity contribution is -0.143. The van der Waals surface area contributed by atoms with Crippen molar-refractivity contribution in [2.75, 3.05) is 18.4 Å². The van der Waals surface area contributed by atoms with E-state index in [1.54, 1.807) is 17.3 Å². The molecule has 7 heteroatoms. The van der Waals surface area contributed by atoms with Crippen molar-refractivity contribution in [3.05, 3.63) is 18.2 Å². The molecule has 2 atom stereocenters. The van der Waals surface area contributed by atoms with Gasteiger partial charge >= 0.3 is 12.0 Å². The number of amides is 2. The molecule has 2 amide bonds. The predicted octanol–water partition coefficient (Wildman–Crippen LogP) is 2.25. The second-order valence-corrected chi connectivity index (χ2v) is 6.70. The summed E-state index contributed by atoms with van der Waals surface area (Å²) in [5.41, 5.74) is 0.521. The van der Waals surface area contributed by atoms with Crippen LogP contribution in [0.25, 0.3) is 0 Å². The first-order chi connectivity index (χ1) is 10.8. The third-order valence-electron chi connectivity index (χ3n) is 3.84. The number of likely N-dealkylation sites (tertiary alicyclic amines) is 1. The molecule has 1 aliphatic rings. The van der Waals surface area contributed by atoms with Crippen molar-refractivity contribution in [3.63, 3.8) is 0 Å². The molecule has 7 nitrogen and oxygen atoms in total. The molecule has 1 saturated heterocycles. The highest BCUT2D eigenvalue weighted by Gasteiger charge is 2.31. The van der Waals surface area contributed by atoms with Crippen LogP contribution >= 0.6 is 0 Å². The van der Waals surface area contributed by atoms with Gasteiger partial charge in [-0.2, -0.15) is 0 Å². The molecular weight excluding hydrogens is 296 g/mol. The van der Waals surface area contributed by atoms with Crippen LogP contribution in [-0.4, -0.2) is 45.1 Å². The summed E-state index contributed by atoms with van der Waals surface area (Å²) in [5, 5.41) is 11.9. The molecule has 2 rings (SSSR count). The fourth-order valence-electron chi connectivity index (χ4n) is 2.79. The Kier molecular flexibility index (Phi) is 5.52. The minimum absolute atomic E-state index is 0.167. The van der Waals surface area contributed by atoms with E-state index in [2.05, 4.69) is 29.1 Å². The van der Waals surface area contributed by atoms with Gasteiger partial charge < -0.3 is 15.3 Å². The van der Waals surface area contributed by atoms with E-state index in [9.17, 15) is 9.59 Å². The van der Waals surface area contributed by atoms with Crippen molar-refractivity contribution in [3.8, 4) is 0 Å². The maximum Gasteiger partial charge on any atom is 0.321 e. The lowest BCUT2D eigenvalue weighted by Gasteiger charge is -2.34. The van der Waals surface area contributed by atoms with Gasteiger partial charge in [0.25, 0.3) is 0 Å². The molecule has 0 radical (unpaired) electrons. The molecule has 23 heavy (non-hydrogen) atoms. The molecule has 1 aliphatic heterocycles. The minimum Gasteiger partial charge on any atom is -0.481 e. The van der Waals surface area contributed by atoms with Gasteiger partial charge in [-0.15, -0.1) is 0 Å². The van der Waals surface area contributed by atoms with E-state index >= 15 is 0 Å². The Labute approximate surface area is 136 Å². The summed E-state index contributed by atoms with van der Waals surface area (Å²) in [6, 6.07) is -0.303. The Bertz CT molecular complexity index is 559. The second-order valence-electron chi connectivity index (χ2n) is 6.70. The zero-order chi connectivity index (χ0) is 17.0. The van der Waals surface area contributed by atoms with E-state index in [1.165, 1.54) is 0 Å². The van der Waals surface area contributed by atoms with E-state index in [-0.39, 0.29) is 18.5 Å². The van der Waals surface area contributed by atoms with Gasteiger partial charge in [0.05, 0.1) is 24.0 Å². The van der Waals surface area contributed by atoms with Crippen LogP contribution in [0.1, 0.15) is 33.0 Å². The summed E-state index contributed by atoms with van der Waals surface area (Å²) >= 11 is 0. The number of anilines is 1. The molecule has 2 N–H and O–H groups in total. The average Bonchev–Trinajstić information content (AvgIpc) is 2.48. The monoisotopic (exact) mass is 320 g/mol. The molecule has 0 spiro atoms. The molecular formula is C16H24N4O3. The number of carboxylic acids is 1. The zero-order valence-electron chi connectivity index (χ0n) is 13.8. The van der Waals surface area contributed by atoms with Crippen molar-refractivity contribution in [2.45, 2.75) is 33.6 Å². The quantitative estimate of drug-likeness (QED) is 0.887. The first-order valence-electron chi connectivity index (χ1n) is 7.94. The zero-order valence-corrected chi connectivity index (χ0v) is 13.8. The summed E-state index contributed by atoms with van der Waals surface area (Å²) < 4.78 is 0. The first-order valence-corrected chi connectivity index (χ1v) is 7.94. The Morgan fingerprint density at radius 2 is 2.00 bits per heavy atom. The number of rotatable bonds is 4. The number of urea groups is 1. The largest absolute Gasteiger partial charge is 0.481 e. The van der Waals surface area contributed by atoms with Crippen LogP contribution in [0.2, 0.25) is 0 Å². The number of carboxylic acid groups (broad SMARTS) is 1. The molecule has 126 valence electrons. The van der Waals surface area contributed by atoms with E-state index in [1.807, 2.05) is 6.92 Å². The molecule has 1 aromatic rings. The number of aliphatic carboxylic acids is 1. The Morgan fingerprint density at radius 3 is 2.57 bits per heavy atom. The van der Waals surface area contributed by atoms with Gasteiger partial charge in [0.2, 0.25) is 0 Å². The van der Waals surface area contributed by atoms with Crippen LogP contribution < -0.4 is 5.32 Å². The van der Waals surface area contributed by atoms with Crippen molar-refractivity contribution in [1.29, 1.82) is 0 Å². The maximum absolute atomic E-state index is 12.3. The van der Waals surface area contributed by atoms with Crippen LogP contribution in [0.5, 0.6) is 0 Å². The van der Waals surface area contributed by atoms with Crippen LogP contribution in [-0.2, 0) is 11.2 Å². The number of aromatic nitrogens is 2. The first kappa shape index (κ1) is 17.2. The highest BCUT2D eigenvalue weighted by atomic mass is 16.4. The maximum atomic E-state index is 12.3. The highest BCUT2D eigenvalue weighted by Crippen LogP contribution is 2.22. The predicted molar refractivity (Wildman–Crippen MR) is 86.1 cm³/mol. The molecule has 2 heterocycles. The number of carbonyl (C=O) groups is 2. The topological polar surface area (TPSA) is 95.4 Å². The number of carbonyl (C=O) groups excluding carboxylic acids is 1. The van der Waals surface area contributed by atoms with Crippen molar-refractivity contribution in [1.82, 2.24) is 14.9 Å². The summed E-state index contributed by atoms with van der Waals surface area (Å²) in [4.78, 5) is 33.5. The van der Waals surface area contributed by atoms with Crippen LogP contribution in [0.15, 0.2) is 12.4 Å². The number of nitrogens with zero attached hydrogens (tertiary/aromatic N) is 3. The van der Waals surface area contributed by atoms with Gasteiger partial charge in [0, 0.05) is 19.5 Å². The summed E-state index contributed by atoms with van der Waals surface area (Å²) in [6.45, 7) is 6.93.